The van der Waals surface area contributed by atoms with Gasteiger partial charge in [0.1, 0.15) is 5.75 Å². The summed E-state index contributed by atoms with van der Waals surface area (Å²) in [6, 6.07) is 5.04. The van der Waals surface area contributed by atoms with Crippen LogP contribution in [0.4, 0.5) is 0 Å². The van der Waals surface area contributed by atoms with E-state index in [0.717, 1.165) is 5.56 Å². The minimum Gasteiger partial charge on any atom is -0.508 e. The number of phenols is 1. The van der Waals surface area contributed by atoms with E-state index < -0.39 is 5.41 Å². The number of carbonyl (C=O) groups is 1. The number of carbonyl (C=O) groups excluding carboxylic acids is 1. The second-order valence-corrected chi connectivity index (χ2v) is 4.58. The Kier molecular flexibility index (Phi) is 2.65. The minimum atomic E-state index is -0.401. The lowest BCUT2D eigenvalue weighted by molar-refractivity contribution is 0.0858. The number of aryl methyl sites for hydroxylation is 1. The van der Waals surface area contributed by atoms with Crippen LogP contribution in [0.15, 0.2) is 18.2 Å². The van der Waals surface area contributed by atoms with Gasteiger partial charge >= 0.3 is 0 Å². The van der Waals surface area contributed by atoms with Gasteiger partial charge in [0.25, 0.3) is 0 Å². The van der Waals surface area contributed by atoms with E-state index in [9.17, 15) is 9.90 Å². The Labute approximate surface area is 84.6 Å². The van der Waals surface area contributed by atoms with Gasteiger partial charge in [-0.15, -0.1) is 0 Å². The smallest absolute Gasteiger partial charge is 0.168 e. The largest absolute Gasteiger partial charge is 0.508 e. The summed E-state index contributed by atoms with van der Waals surface area (Å²) in [7, 11) is 0. The van der Waals surface area contributed by atoms with Gasteiger partial charge in [-0.1, -0.05) is 32.9 Å². The highest BCUT2D eigenvalue weighted by molar-refractivity contribution is 6.00. The molecule has 1 aromatic carbocycles. The minimum absolute atomic E-state index is 0.0489. The number of aromatic hydroxyl groups is 1. The summed E-state index contributed by atoms with van der Waals surface area (Å²) < 4.78 is 0. The van der Waals surface area contributed by atoms with Crippen LogP contribution >= 0.6 is 0 Å². The Balaban J connectivity index is 3.10. The number of benzene rings is 1. The van der Waals surface area contributed by atoms with Crippen LogP contribution in [0, 0.1) is 12.3 Å². The van der Waals surface area contributed by atoms with Gasteiger partial charge in [0.2, 0.25) is 0 Å². The van der Waals surface area contributed by atoms with Crippen LogP contribution in [0.5, 0.6) is 5.75 Å². The van der Waals surface area contributed by atoms with E-state index in [1.165, 1.54) is 6.07 Å². The zero-order valence-electron chi connectivity index (χ0n) is 9.09. The number of hydrogen-bond donors (Lipinski definition) is 1. The third-order valence-corrected chi connectivity index (χ3v) is 2.15. The lowest BCUT2D eigenvalue weighted by atomic mass is 9.86. The SMILES string of the molecule is Cc1ccc(C(=O)C(C)(C)C)cc1O. The Morgan fingerprint density at radius 1 is 1.29 bits per heavy atom. The Hall–Kier alpha value is -1.31. The van der Waals surface area contributed by atoms with Crippen molar-refractivity contribution in [3.8, 4) is 5.75 Å². The predicted octanol–water partition coefficient (Wildman–Crippen LogP) is 2.93. The van der Waals surface area contributed by atoms with Gasteiger partial charge in [0.05, 0.1) is 0 Å². The monoisotopic (exact) mass is 192 g/mol. The van der Waals surface area contributed by atoms with Crippen LogP contribution in [0.25, 0.3) is 0 Å². The lowest BCUT2D eigenvalue weighted by Crippen LogP contribution is -2.20. The molecule has 0 bridgehead atoms. The summed E-state index contributed by atoms with van der Waals surface area (Å²) in [5.41, 5.74) is 0.956. The van der Waals surface area contributed by atoms with Crippen molar-refractivity contribution in [2.24, 2.45) is 5.41 Å². The van der Waals surface area contributed by atoms with Gasteiger partial charge in [-0.25, -0.2) is 0 Å². The number of phenolic OH excluding ortho intramolecular Hbond substituents is 1. The van der Waals surface area contributed by atoms with Crippen LogP contribution < -0.4 is 0 Å². The van der Waals surface area contributed by atoms with Crippen LogP contribution in [0.3, 0.4) is 0 Å². The molecule has 1 aromatic rings. The van der Waals surface area contributed by atoms with Gasteiger partial charge in [0.15, 0.2) is 5.78 Å². The average Bonchev–Trinajstić information content (AvgIpc) is 2.07. The highest BCUT2D eigenvalue weighted by atomic mass is 16.3. The lowest BCUT2D eigenvalue weighted by Gasteiger charge is -2.16. The highest BCUT2D eigenvalue weighted by Gasteiger charge is 2.23. The van der Waals surface area contributed by atoms with E-state index in [1.807, 2.05) is 20.8 Å². The first-order valence-electron chi connectivity index (χ1n) is 4.67. The Morgan fingerprint density at radius 3 is 2.29 bits per heavy atom. The number of rotatable bonds is 1. The Bertz CT molecular complexity index is 359. The standard InChI is InChI=1S/C12H16O2/c1-8-5-6-9(7-10(8)13)11(14)12(2,3)4/h5-7,13H,1-4H3. The molecular formula is C12H16O2. The summed E-state index contributed by atoms with van der Waals surface area (Å²) in [4.78, 5) is 11.8. The van der Waals surface area contributed by atoms with E-state index >= 15 is 0 Å². The van der Waals surface area contributed by atoms with E-state index in [-0.39, 0.29) is 11.5 Å². The first kappa shape index (κ1) is 10.8. The molecule has 2 heteroatoms. The van der Waals surface area contributed by atoms with Crippen molar-refractivity contribution < 1.29 is 9.90 Å². The van der Waals surface area contributed by atoms with Gasteiger partial charge in [-0.3, -0.25) is 4.79 Å². The summed E-state index contributed by atoms with van der Waals surface area (Å²) >= 11 is 0. The van der Waals surface area contributed by atoms with Crippen LogP contribution in [0.2, 0.25) is 0 Å². The van der Waals surface area contributed by atoms with Crippen LogP contribution in [-0.4, -0.2) is 10.9 Å². The van der Waals surface area contributed by atoms with E-state index in [1.54, 1.807) is 19.1 Å². The normalized spacial score (nSPS) is 11.4. The average molecular weight is 192 g/mol. The zero-order chi connectivity index (χ0) is 10.9. The van der Waals surface area contributed by atoms with Crippen molar-refractivity contribution in [3.05, 3.63) is 29.3 Å². The quantitative estimate of drug-likeness (QED) is 0.694. The van der Waals surface area contributed by atoms with Crippen molar-refractivity contribution in [2.75, 3.05) is 0 Å². The Morgan fingerprint density at radius 2 is 1.86 bits per heavy atom. The molecule has 0 saturated carbocycles. The fourth-order valence-electron chi connectivity index (χ4n) is 1.18. The molecule has 2 nitrogen and oxygen atoms in total. The second-order valence-electron chi connectivity index (χ2n) is 4.58. The van der Waals surface area contributed by atoms with Gasteiger partial charge in [-0.2, -0.15) is 0 Å². The van der Waals surface area contributed by atoms with Crippen LogP contribution in [-0.2, 0) is 0 Å². The molecule has 0 amide bonds. The summed E-state index contributed by atoms with van der Waals surface area (Å²) in [6.45, 7) is 7.41. The molecule has 0 aliphatic heterocycles. The predicted molar refractivity (Wildman–Crippen MR) is 56.6 cm³/mol. The number of Topliss-reactive ketones (excluding diaryl/α,β-unsaturated/α-hetero) is 1. The summed E-state index contributed by atoms with van der Waals surface area (Å²) in [5.74, 6) is 0.230. The third-order valence-electron chi connectivity index (χ3n) is 2.15. The first-order chi connectivity index (χ1) is 6.32. The van der Waals surface area contributed by atoms with Crippen molar-refractivity contribution in [1.29, 1.82) is 0 Å². The van der Waals surface area contributed by atoms with Gasteiger partial charge < -0.3 is 5.11 Å². The maximum atomic E-state index is 11.8. The maximum Gasteiger partial charge on any atom is 0.168 e. The molecule has 76 valence electrons. The summed E-state index contributed by atoms with van der Waals surface area (Å²) in [5, 5.41) is 9.46. The second kappa shape index (κ2) is 3.45. The molecule has 0 fully saturated rings. The van der Waals surface area contributed by atoms with E-state index in [4.69, 9.17) is 0 Å². The number of hydrogen-bond acceptors (Lipinski definition) is 2. The third kappa shape index (κ3) is 2.13. The molecule has 1 N–H and O–H groups in total. The topological polar surface area (TPSA) is 37.3 Å². The molecular weight excluding hydrogens is 176 g/mol. The van der Waals surface area contributed by atoms with Crippen molar-refractivity contribution in [1.82, 2.24) is 0 Å². The van der Waals surface area contributed by atoms with Crippen molar-refractivity contribution in [3.63, 3.8) is 0 Å². The van der Waals surface area contributed by atoms with Crippen molar-refractivity contribution in [2.45, 2.75) is 27.7 Å². The molecule has 14 heavy (non-hydrogen) atoms. The molecule has 1 rings (SSSR count). The molecule has 0 radical (unpaired) electrons. The number of ketones is 1. The molecule has 0 spiro atoms. The molecule has 0 unspecified atom stereocenters. The molecule has 0 atom stereocenters. The van der Waals surface area contributed by atoms with E-state index in [0.29, 0.717) is 5.56 Å². The molecule has 0 saturated heterocycles. The molecule has 0 heterocycles. The molecule has 0 aliphatic rings. The fraction of sp³-hybridized carbons (Fsp3) is 0.417. The van der Waals surface area contributed by atoms with E-state index in [2.05, 4.69) is 0 Å². The van der Waals surface area contributed by atoms with Gasteiger partial charge in [-0.05, 0) is 18.6 Å². The maximum absolute atomic E-state index is 11.8. The van der Waals surface area contributed by atoms with Crippen LogP contribution in [0.1, 0.15) is 36.7 Å². The van der Waals surface area contributed by atoms with Gasteiger partial charge in [0, 0.05) is 11.0 Å². The molecule has 0 aromatic heterocycles. The zero-order valence-corrected chi connectivity index (χ0v) is 9.09. The van der Waals surface area contributed by atoms with Crippen molar-refractivity contribution >= 4 is 5.78 Å². The fourth-order valence-corrected chi connectivity index (χ4v) is 1.18. The highest BCUT2D eigenvalue weighted by Crippen LogP contribution is 2.24. The molecule has 0 aliphatic carbocycles. The summed E-state index contributed by atoms with van der Waals surface area (Å²) in [6.07, 6.45) is 0. The first-order valence-corrected chi connectivity index (χ1v) is 4.67.